The lowest BCUT2D eigenvalue weighted by Gasteiger charge is -2.10. The van der Waals surface area contributed by atoms with Crippen molar-refractivity contribution in [2.75, 3.05) is 18.7 Å². The second-order valence-electron chi connectivity index (χ2n) is 5.29. The molecule has 1 aliphatic rings. The molecule has 0 spiro atoms. The molecule has 0 saturated carbocycles. The lowest BCUT2D eigenvalue weighted by molar-refractivity contribution is 0.353. The van der Waals surface area contributed by atoms with Crippen LogP contribution in [-0.4, -0.2) is 19.8 Å². The van der Waals surface area contributed by atoms with Crippen LogP contribution in [0.25, 0.3) is 11.1 Å². The van der Waals surface area contributed by atoms with Crippen LogP contribution in [0.4, 0.5) is 5.69 Å². The first-order valence-corrected chi connectivity index (χ1v) is 6.90. The lowest BCUT2D eigenvalue weighted by atomic mass is 10.0. The number of rotatable bonds is 3. The van der Waals surface area contributed by atoms with Crippen LogP contribution in [-0.2, 0) is 6.42 Å². The molecule has 4 heteroatoms. The minimum atomic E-state index is -0.443. The average Bonchev–Trinajstić information content (AvgIpc) is 2.89. The molecule has 21 heavy (non-hydrogen) atoms. The Balaban J connectivity index is 1.85. The van der Waals surface area contributed by atoms with E-state index in [-0.39, 0.29) is 0 Å². The highest BCUT2D eigenvalue weighted by Gasteiger charge is 2.17. The predicted octanol–water partition coefficient (Wildman–Crippen LogP) is 2.53. The van der Waals surface area contributed by atoms with Crippen molar-refractivity contribution < 1.29 is 4.74 Å². The third kappa shape index (κ3) is 2.69. The molecule has 0 unspecified atom stereocenters. The summed E-state index contributed by atoms with van der Waals surface area (Å²) in [5.41, 5.74) is 10.1. The van der Waals surface area contributed by atoms with Gasteiger partial charge in [-0.3, -0.25) is 0 Å². The summed E-state index contributed by atoms with van der Waals surface area (Å²) in [6.45, 7) is 0.601. The summed E-state index contributed by atoms with van der Waals surface area (Å²) >= 11 is 0. The Labute approximate surface area is 124 Å². The Hall–Kier alpha value is -2.51. The predicted molar refractivity (Wildman–Crippen MR) is 83.1 cm³/mol. The maximum atomic E-state index is 8.75. The van der Waals surface area contributed by atoms with Crippen molar-refractivity contribution in [2.24, 2.45) is 5.73 Å². The van der Waals surface area contributed by atoms with E-state index in [0.717, 1.165) is 28.1 Å². The average molecular weight is 279 g/mol. The molecule has 1 atom stereocenters. The van der Waals surface area contributed by atoms with E-state index in [1.165, 1.54) is 0 Å². The summed E-state index contributed by atoms with van der Waals surface area (Å²) in [6.07, 6.45) is 0.581. The first-order valence-electron chi connectivity index (χ1n) is 6.90. The maximum absolute atomic E-state index is 8.75. The van der Waals surface area contributed by atoms with Crippen molar-refractivity contribution in [3.63, 3.8) is 0 Å². The minimum Gasteiger partial charge on any atom is -0.471 e. The van der Waals surface area contributed by atoms with Crippen molar-refractivity contribution in [2.45, 2.75) is 12.5 Å². The number of anilines is 1. The fourth-order valence-corrected chi connectivity index (χ4v) is 2.49. The molecule has 0 saturated heterocycles. The third-order valence-corrected chi connectivity index (χ3v) is 3.69. The van der Waals surface area contributed by atoms with Crippen LogP contribution in [0.5, 0.6) is 5.75 Å². The SMILES string of the molecule is CN1COc2ccc(-c3ccc(C[C@H](N)C#N)cc3)cc21. The minimum absolute atomic E-state index is 0.443. The highest BCUT2D eigenvalue weighted by molar-refractivity contribution is 5.73. The molecule has 3 rings (SSSR count). The summed E-state index contributed by atoms with van der Waals surface area (Å²) in [5.74, 6) is 0.929. The van der Waals surface area contributed by atoms with Crippen LogP contribution in [0.1, 0.15) is 5.56 Å². The Morgan fingerprint density at radius 3 is 2.67 bits per heavy atom. The number of ether oxygens (including phenoxy) is 1. The second-order valence-corrected chi connectivity index (χ2v) is 5.29. The van der Waals surface area contributed by atoms with Crippen LogP contribution in [0.15, 0.2) is 42.5 Å². The van der Waals surface area contributed by atoms with Gasteiger partial charge < -0.3 is 15.4 Å². The van der Waals surface area contributed by atoms with Crippen molar-refractivity contribution in [3.8, 4) is 22.9 Å². The molecule has 0 radical (unpaired) electrons. The van der Waals surface area contributed by atoms with Crippen LogP contribution in [0.2, 0.25) is 0 Å². The summed E-state index contributed by atoms with van der Waals surface area (Å²) in [6, 6.07) is 16.0. The molecule has 1 heterocycles. The van der Waals surface area contributed by atoms with Gasteiger partial charge in [-0.15, -0.1) is 0 Å². The Bertz CT molecular complexity index is 688. The Morgan fingerprint density at radius 1 is 1.24 bits per heavy atom. The van der Waals surface area contributed by atoms with Gasteiger partial charge in [0, 0.05) is 13.5 Å². The number of fused-ring (bicyclic) bond motifs is 1. The molecule has 106 valence electrons. The molecule has 0 fully saturated rings. The van der Waals surface area contributed by atoms with Gasteiger partial charge in [-0.25, -0.2) is 0 Å². The fraction of sp³-hybridized carbons (Fsp3) is 0.235. The van der Waals surface area contributed by atoms with E-state index in [9.17, 15) is 0 Å². The van der Waals surface area contributed by atoms with E-state index in [2.05, 4.69) is 35.2 Å². The van der Waals surface area contributed by atoms with Gasteiger partial charge in [-0.1, -0.05) is 30.3 Å². The van der Waals surface area contributed by atoms with E-state index >= 15 is 0 Å². The highest BCUT2D eigenvalue weighted by atomic mass is 16.5. The number of nitriles is 1. The van der Waals surface area contributed by atoms with Crippen molar-refractivity contribution in [3.05, 3.63) is 48.0 Å². The Kier molecular flexibility index (Phi) is 3.51. The van der Waals surface area contributed by atoms with E-state index in [4.69, 9.17) is 15.7 Å². The monoisotopic (exact) mass is 279 g/mol. The van der Waals surface area contributed by atoms with Gasteiger partial charge in [0.25, 0.3) is 0 Å². The molecule has 2 N–H and O–H groups in total. The zero-order valence-electron chi connectivity index (χ0n) is 11.9. The van der Waals surface area contributed by atoms with E-state index in [1.54, 1.807) is 0 Å². The van der Waals surface area contributed by atoms with Gasteiger partial charge in [0.05, 0.1) is 17.8 Å². The lowest BCUT2D eigenvalue weighted by Crippen LogP contribution is -2.19. The first kappa shape index (κ1) is 13.5. The smallest absolute Gasteiger partial charge is 0.161 e. The van der Waals surface area contributed by atoms with E-state index < -0.39 is 6.04 Å². The van der Waals surface area contributed by atoms with Gasteiger partial charge >= 0.3 is 0 Å². The van der Waals surface area contributed by atoms with Crippen molar-refractivity contribution >= 4 is 5.69 Å². The standard InChI is InChI=1S/C17H17N3O/c1-20-11-21-17-7-6-14(9-16(17)20)13-4-2-12(3-5-13)8-15(19)10-18/h2-7,9,15H,8,11,19H2,1H3/t15-/m0/s1. The molecule has 2 aromatic carbocycles. The second kappa shape index (κ2) is 5.47. The maximum Gasteiger partial charge on any atom is 0.161 e. The molecule has 0 amide bonds. The van der Waals surface area contributed by atoms with Crippen molar-refractivity contribution in [1.29, 1.82) is 5.26 Å². The van der Waals surface area contributed by atoms with Gasteiger partial charge in [-0.05, 0) is 28.8 Å². The topological polar surface area (TPSA) is 62.3 Å². The van der Waals surface area contributed by atoms with E-state index in [0.29, 0.717) is 13.2 Å². The van der Waals surface area contributed by atoms with Crippen LogP contribution < -0.4 is 15.4 Å². The molecule has 2 aromatic rings. The fourth-order valence-electron chi connectivity index (χ4n) is 2.49. The third-order valence-electron chi connectivity index (χ3n) is 3.69. The van der Waals surface area contributed by atoms with Gasteiger partial charge in [0.1, 0.15) is 5.75 Å². The summed E-state index contributed by atoms with van der Waals surface area (Å²) < 4.78 is 5.56. The highest BCUT2D eigenvalue weighted by Crippen LogP contribution is 2.36. The van der Waals surface area contributed by atoms with Crippen LogP contribution in [0, 0.1) is 11.3 Å². The number of nitrogens with zero attached hydrogens (tertiary/aromatic N) is 2. The number of benzene rings is 2. The van der Waals surface area contributed by atoms with Crippen LogP contribution in [0.3, 0.4) is 0 Å². The molecule has 0 aliphatic carbocycles. The van der Waals surface area contributed by atoms with E-state index in [1.807, 2.05) is 25.2 Å². The molecular formula is C17H17N3O. The quantitative estimate of drug-likeness (QED) is 0.937. The largest absolute Gasteiger partial charge is 0.471 e. The Morgan fingerprint density at radius 2 is 1.95 bits per heavy atom. The first-order chi connectivity index (χ1) is 10.2. The molecule has 0 aromatic heterocycles. The van der Waals surface area contributed by atoms with Gasteiger partial charge in [-0.2, -0.15) is 5.26 Å². The molecule has 4 nitrogen and oxygen atoms in total. The number of hydrogen-bond donors (Lipinski definition) is 1. The van der Waals surface area contributed by atoms with Gasteiger partial charge in [0.2, 0.25) is 0 Å². The summed E-state index contributed by atoms with van der Waals surface area (Å²) in [7, 11) is 2.02. The van der Waals surface area contributed by atoms with Crippen molar-refractivity contribution in [1.82, 2.24) is 0 Å². The normalized spacial score (nSPS) is 14.2. The molecule has 1 aliphatic heterocycles. The zero-order valence-corrected chi connectivity index (χ0v) is 11.9. The number of nitrogens with two attached hydrogens (primary N) is 1. The number of hydrogen-bond acceptors (Lipinski definition) is 4. The van der Waals surface area contributed by atoms with Gasteiger partial charge in [0.15, 0.2) is 6.73 Å². The zero-order chi connectivity index (χ0) is 14.8. The molecule has 0 bridgehead atoms. The molecular weight excluding hydrogens is 262 g/mol. The summed E-state index contributed by atoms with van der Waals surface area (Å²) in [4.78, 5) is 2.08. The van der Waals surface area contributed by atoms with Crippen LogP contribution >= 0.6 is 0 Å². The summed E-state index contributed by atoms with van der Waals surface area (Å²) in [5, 5.41) is 8.75.